The predicted octanol–water partition coefficient (Wildman–Crippen LogP) is 1.97. The van der Waals surface area contributed by atoms with Crippen molar-refractivity contribution in [1.82, 2.24) is 0 Å². The molecular formula is C15H20O4. The first-order valence-electron chi connectivity index (χ1n) is 6.70. The number of hydrogen-bond donors (Lipinski definition) is 0. The molecule has 0 N–H and O–H groups in total. The monoisotopic (exact) mass is 264 g/mol. The van der Waals surface area contributed by atoms with Gasteiger partial charge in [0.1, 0.15) is 0 Å². The fourth-order valence-electron chi connectivity index (χ4n) is 1.89. The van der Waals surface area contributed by atoms with Gasteiger partial charge < -0.3 is 14.2 Å². The Morgan fingerprint density at radius 2 is 2.05 bits per heavy atom. The summed E-state index contributed by atoms with van der Waals surface area (Å²) in [6.07, 6.45) is 1.45. The van der Waals surface area contributed by atoms with Crippen LogP contribution in [0.2, 0.25) is 0 Å². The van der Waals surface area contributed by atoms with Gasteiger partial charge in [-0.1, -0.05) is 30.3 Å². The second-order valence-electron chi connectivity index (χ2n) is 4.60. The second-order valence-corrected chi connectivity index (χ2v) is 4.60. The Balaban J connectivity index is 1.61. The van der Waals surface area contributed by atoms with Crippen molar-refractivity contribution in [3.63, 3.8) is 0 Å². The Bertz CT molecular complexity index is 398. The molecule has 19 heavy (non-hydrogen) atoms. The highest BCUT2D eigenvalue weighted by molar-refractivity contribution is 5.82. The summed E-state index contributed by atoms with van der Waals surface area (Å²) in [6.45, 7) is 3.81. The van der Waals surface area contributed by atoms with Crippen LogP contribution in [0, 0.1) is 0 Å². The first kappa shape index (κ1) is 14.0. The fraction of sp³-hybridized carbons (Fsp3) is 0.533. The van der Waals surface area contributed by atoms with Crippen LogP contribution in [0.25, 0.3) is 0 Å². The fourth-order valence-corrected chi connectivity index (χ4v) is 1.89. The van der Waals surface area contributed by atoms with Gasteiger partial charge in [-0.25, -0.2) is 4.79 Å². The lowest BCUT2D eigenvalue weighted by Crippen LogP contribution is -2.28. The van der Waals surface area contributed by atoms with Crippen molar-refractivity contribution >= 4 is 5.97 Å². The molecule has 104 valence electrons. The number of benzene rings is 1. The van der Waals surface area contributed by atoms with Crippen LogP contribution < -0.4 is 0 Å². The van der Waals surface area contributed by atoms with Gasteiger partial charge in [0, 0.05) is 6.42 Å². The molecule has 0 aromatic heterocycles. The number of ether oxygens (including phenoxy) is 3. The minimum atomic E-state index is -0.719. The van der Waals surface area contributed by atoms with E-state index in [1.165, 1.54) is 5.56 Å². The number of carbonyl (C=O) groups excluding carboxylic acids is 1. The van der Waals surface area contributed by atoms with E-state index in [0.29, 0.717) is 32.8 Å². The molecule has 2 rings (SSSR count). The van der Waals surface area contributed by atoms with Gasteiger partial charge in [0.15, 0.2) is 5.60 Å². The average molecular weight is 264 g/mol. The highest BCUT2D eigenvalue weighted by Crippen LogP contribution is 2.32. The van der Waals surface area contributed by atoms with Gasteiger partial charge in [-0.05, 0) is 18.9 Å². The van der Waals surface area contributed by atoms with E-state index in [-0.39, 0.29) is 5.97 Å². The Morgan fingerprint density at radius 1 is 1.32 bits per heavy atom. The smallest absolute Gasteiger partial charge is 0.340 e. The molecule has 1 fully saturated rings. The Labute approximate surface area is 113 Å². The van der Waals surface area contributed by atoms with Crippen LogP contribution in [-0.2, 0) is 25.4 Å². The third-order valence-electron chi connectivity index (χ3n) is 3.17. The van der Waals surface area contributed by atoms with Crippen LogP contribution in [0.4, 0.5) is 0 Å². The molecule has 0 spiro atoms. The minimum absolute atomic E-state index is 0.262. The minimum Gasteiger partial charge on any atom is -0.464 e. The van der Waals surface area contributed by atoms with Crippen LogP contribution in [-0.4, -0.2) is 38.0 Å². The molecule has 0 bridgehead atoms. The zero-order chi connectivity index (χ0) is 13.6. The van der Waals surface area contributed by atoms with Crippen molar-refractivity contribution in [2.45, 2.75) is 25.4 Å². The lowest BCUT2D eigenvalue weighted by atomic mass is 10.1. The quantitative estimate of drug-likeness (QED) is 0.409. The van der Waals surface area contributed by atoms with E-state index < -0.39 is 5.60 Å². The van der Waals surface area contributed by atoms with Gasteiger partial charge in [-0.15, -0.1) is 0 Å². The molecule has 1 heterocycles. The first-order valence-corrected chi connectivity index (χ1v) is 6.70. The van der Waals surface area contributed by atoms with E-state index in [0.717, 1.165) is 6.42 Å². The highest BCUT2D eigenvalue weighted by atomic mass is 16.6. The van der Waals surface area contributed by atoms with E-state index in [1.807, 2.05) is 18.2 Å². The van der Waals surface area contributed by atoms with Crippen molar-refractivity contribution in [3.05, 3.63) is 35.9 Å². The molecule has 1 saturated heterocycles. The first-order chi connectivity index (χ1) is 9.27. The van der Waals surface area contributed by atoms with Crippen molar-refractivity contribution in [1.29, 1.82) is 0 Å². The molecule has 1 atom stereocenters. The summed E-state index contributed by atoms with van der Waals surface area (Å²) in [5.74, 6) is -0.262. The Hall–Kier alpha value is -1.39. The maximum absolute atomic E-state index is 11.6. The third kappa shape index (κ3) is 4.04. The van der Waals surface area contributed by atoms with Gasteiger partial charge in [0.05, 0.1) is 26.4 Å². The van der Waals surface area contributed by atoms with Crippen LogP contribution in [0.5, 0.6) is 0 Å². The summed E-state index contributed by atoms with van der Waals surface area (Å²) in [6, 6.07) is 10.2. The number of carbonyl (C=O) groups is 1. The zero-order valence-electron chi connectivity index (χ0n) is 11.3. The molecule has 0 amide bonds. The summed E-state index contributed by atoms with van der Waals surface area (Å²) in [5, 5.41) is 0. The number of esters is 1. The summed E-state index contributed by atoms with van der Waals surface area (Å²) >= 11 is 0. The second kappa shape index (κ2) is 6.68. The molecule has 0 aliphatic carbocycles. The lowest BCUT2D eigenvalue weighted by Gasteiger charge is -2.10. The molecule has 0 radical (unpaired) electrons. The topological polar surface area (TPSA) is 48.1 Å². The maximum Gasteiger partial charge on any atom is 0.340 e. The molecule has 4 heteroatoms. The summed E-state index contributed by atoms with van der Waals surface area (Å²) < 4.78 is 15.8. The van der Waals surface area contributed by atoms with Crippen molar-refractivity contribution < 1.29 is 19.0 Å². The number of epoxide rings is 1. The van der Waals surface area contributed by atoms with Gasteiger partial charge in [0.2, 0.25) is 0 Å². The van der Waals surface area contributed by atoms with Crippen LogP contribution >= 0.6 is 0 Å². The highest BCUT2D eigenvalue weighted by Gasteiger charge is 2.53. The van der Waals surface area contributed by atoms with Gasteiger partial charge in [0.25, 0.3) is 0 Å². The van der Waals surface area contributed by atoms with E-state index >= 15 is 0 Å². The molecule has 1 aliphatic rings. The molecular weight excluding hydrogens is 244 g/mol. The zero-order valence-corrected chi connectivity index (χ0v) is 11.3. The van der Waals surface area contributed by atoms with Gasteiger partial charge in [-0.3, -0.25) is 0 Å². The predicted molar refractivity (Wildman–Crippen MR) is 70.9 cm³/mol. The van der Waals surface area contributed by atoms with Crippen LogP contribution in [0.1, 0.15) is 18.9 Å². The average Bonchev–Trinajstić information content (AvgIpc) is 3.21. The summed E-state index contributed by atoms with van der Waals surface area (Å²) in [4.78, 5) is 11.6. The largest absolute Gasteiger partial charge is 0.464 e. The number of rotatable bonds is 8. The van der Waals surface area contributed by atoms with Crippen LogP contribution in [0.3, 0.4) is 0 Å². The summed E-state index contributed by atoms with van der Waals surface area (Å²) in [5.41, 5.74) is 0.535. The van der Waals surface area contributed by atoms with E-state index in [1.54, 1.807) is 6.92 Å². The van der Waals surface area contributed by atoms with Crippen molar-refractivity contribution in [2.75, 3.05) is 26.4 Å². The molecule has 1 aromatic rings. The number of hydrogen-bond acceptors (Lipinski definition) is 4. The maximum atomic E-state index is 11.6. The molecule has 1 aliphatic heterocycles. The molecule has 0 saturated carbocycles. The van der Waals surface area contributed by atoms with Gasteiger partial charge in [-0.2, -0.15) is 0 Å². The third-order valence-corrected chi connectivity index (χ3v) is 3.17. The Morgan fingerprint density at radius 3 is 2.68 bits per heavy atom. The molecule has 1 unspecified atom stereocenters. The standard InChI is InChI=1S/C15H20O4/c1-2-18-14(16)15(12-19-15)9-11-17-10-8-13-6-4-3-5-7-13/h3-7H,2,8-12H2,1H3. The van der Waals surface area contributed by atoms with E-state index in [9.17, 15) is 4.79 Å². The SMILES string of the molecule is CCOC(=O)C1(CCOCCc2ccccc2)CO1. The summed E-state index contributed by atoms with van der Waals surface area (Å²) in [7, 11) is 0. The molecule has 1 aromatic carbocycles. The van der Waals surface area contributed by atoms with Crippen molar-refractivity contribution in [2.24, 2.45) is 0 Å². The van der Waals surface area contributed by atoms with Crippen LogP contribution in [0.15, 0.2) is 30.3 Å². The molecule has 4 nitrogen and oxygen atoms in total. The van der Waals surface area contributed by atoms with Crippen molar-refractivity contribution in [3.8, 4) is 0 Å². The van der Waals surface area contributed by atoms with E-state index in [4.69, 9.17) is 14.2 Å². The Kier molecular flexibility index (Phi) is 4.93. The van der Waals surface area contributed by atoms with E-state index in [2.05, 4.69) is 12.1 Å². The lowest BCUT2D eigenvalue weighted by molar-refractivity contribution is -0.150. The normalized spacial score (nSPS) is 21.1. The van der Waals surface area contributed by atoms with Gasteiger partial charge >= 0.3 is 5.97 Å².